The molecule has 100 valence electrons. The van der Waals surface area contributed by atoms with E-state index in [1.165, 1.54) is 0 Å². The lowest BCUT2D eigenvalue weighted by Crippen LogP contribution is -1.98. The average molecular weight is 259 g/mol. The number of nitrogens with one attached hydrogen (secondary N) is 1. The molecule has 1 aromatic carbocycles. The summed E-state index contributed by atoms with van der Waals surface area (Å²) in [6.45, 7) is 3.78. The van der Waals surface area contributed by atoms with Crippen molar-refractivity contribution in [1.82, 2.24) is 9.97 Å². The van der Waals surface area contributed by atoms with Crippen molar-refractivity contribution >= 4 is 0 Å². The SMILES string of the molecule is Cc1[nH]c(CN)nc1-c1ccc2c(c1)OCCCO2. The minimum atomic E-state index is 0.408. The normalized spacial score (nSPS) is 14.2. The average Bonchev–Trinajstić information content (AvgIpc) is 2.66. The van der Waals surface area contributed by atoms with Gasteiger partial charge in [-0.25, -0.2) is 4.98 Å². The number of benzene rings is 1. The summed E-state index contributed by atoms with van der Waals surface area (Å²) in [6.07, 6.45) is 0.906. The van der Waals surface area contributed by atoms with Crippen molar-refractivity contribution in [1.29, 1.82) is 0 Å². The van der Waals surface area contributed by atoms with E-state index >= 15 is 0 Å². The highest BCUT2D eigenvalue weighted by atomic mass is 16.5. The molecule has 0 unspecified atom stereocenters. The van der Waals surface area contributed by atoms with Crippen LogP contribution in [0.1, 0.15) is 17.9 Å². The van der Waals surface area contributed by atoms with Gasteiger partial charge in [-0.15, -0.1) is 0 Å². The summed E-state index contributed by atoms with van der Waals surface area (Å²) >= 11 is 0. The van der Waals surface area contributed by atoms with E-state index in [4.69, 9.17) is 15.2 Å². The van der Waals surface area contributed by atoms with Gasteiger partial charge in [0.15, 0.2) is 11.5 Å². The molecule has 3 rings (SSSR count). The lowest BCUT2D eigenvalue weighted by atomic mass is 10.1. The summed E-state index contributed by atoms with van der Waals surface area (Å²) in [4.78, 5) is 7.67. The van der Waals surface area contributed by atoms with Crippen LogP contribution in [-0.4, -0.2) is 23.2 Å². The highest BCUT2D eigenvalue weighted by Crippen LogP contribution is 2.34. The van der Waals surface area contributed by atoms with Crippen LogP contribution in [0, 0.1) is 6.92 Å². The summed E-state index contributed by atoms with van der Waals surface area (Å²) < 4.78 is 11.3. The van der Waals surface area contributed by atoms with Gasteiger partial charge in [-0.2, -0.15) is 0 Å². The molecule has 0 spiro atoms. The standard InChI is InChI=1S/C14H17N3O2/c1-9-14(17-13(8-15)16-9)10-3-4-11-12(7-10)19-6-2-5-18-11/h3-4,7H,2,5-6,8,15H2,1H3,(H,16,17). The number of nitrogens with zero attached hydrogens (tertiary/aromatic N) is 1. The predicted octanol–water partition coefficient (Wildman–Crippen LogP) is 2.01. The van der Waals surface area contributed by atoms with Crippen molar-refractivity contribution in [3.05, 3.63) is 29.7 Å². The molecule has 0 fully saturated rings. The number of nitrogens with two attached hydrogens (primary N) is 1. The van der Waals surface area contributed by atoms with Gasteiger partial charge in [-0.3, -0.25) is 0 Å². The molecule has 1 aromatic heterocycles. The molecule has 1 aliphatic heterocycles. The third kappa shape index (κ3) is 2.29. The number of fused-ring (bicyclic) bond motifs is 1. The molecule has 0 atom stereocenters. The molecule has 0 saturated carbocycles. The maximum Gasteiger partial charge on any atom is 0.161 e. The summed E-state index contributed by atoms with van der Waals surface area (Å²) in [6, 6.07) is 5.91. The quantitative estimate of drug-likeness (QED) is 0.865. The van der Waals surface area contributed by atoms with E-state index in [2.05, 4.69) is 9.97 Å². The third-order valence-electron chi connectivity index (χ3n) is 3.15. The fourth-order valence-electron chi connectivity index (χ4n) is 2.21. The van der Waals surface area contributed by atoms with Crippen LogP contribution in [0.3, 0.4) is 0 Å². The first-order chi connectivity index (χ1) is 9.28. The van der Waals surface area contributed by atoms with E-state index in [1.54, 1.807) is 0 Å². The van der Waals surface area contributed by atoms with Crippen LogP contribution >= 0.6 is 0 Å². The number of aromatic nitrogens is 2. The third-order valence-corrected chi connectivity index (χ3v) is 3.15. The van der Waals surface area contributed by atoms with Crippen molar-refractivity contribution in [3.63, 3.8) is 0 Å². The molecule has 1 aliphatic rings. The van der Waals surface area contributed by atoms with Gasteiger partial charge in [0.25, 0.3) is 0 Å². The Morgan fingerprint density at radius 2 is 2.05 bits per heavy atom. The predicted molar refractivity (Wildman–Crippen MR) is 72.3 cm³/mol. The summed E-state index contributed by atoms with van der Waals surface area (Å²) in [5, 5.41) is 0. The van der Waals surface area contributed by atoms with E-state index in [-0.39, 0.29) is 0 Å². The molecule has 0 radical (unpaired) electrons. The second-order valence-electron chi connectivity index (χ2n) is 4.57. The van der Waals surface area contributed by atoms with Crippen molar-refractivity contribution < 1.29 is 9.47 Å². The van der Waals surface area contributed by atoms with Gasteiger partial charge in [0.2, 0.25) is 0 Å². The Balaban J connectivity index is 2.01. The van der Waals surface area contributed by atoms with Gasteiger partial charge in [0.05, 0.1) is 25.5 Å². The molecule has 3 N–H and O–H groups in total. The van der Waals surface area contributed by atoms with E-state index in [0.29, 0.717) is 19.8 Å². The smallest absolute Gasteiger partial charge is 0.161 e. The number of hydrogen-bond donors (Lipinski definition) is 2. The molecule has 2 aromatic rings. The van der Waals surface area contributed by atoms with Gasteiger partial charge in [-0.05, 0) is 25.1 Å². The molecule has 5 heteroatoms. The maximum absolute atomic E-state index is 5.70. The summed E-state index contributed by atoms with van der Waals surface area (Å²) in [7, 11) is 0. The fourth-order valence-corrected chi connectivity index (χ4v) is 2.21. The highest BCUT2D eigenvalue weighted by Gasteiger charge is 2.14. The Labute approximate surface area is 111 Å². The number of ether oxygens (including phenoxy) is 2. The van der Waals surface area contributed by atoms with Crippen molar-refractivity contribution in [2.45, 2.75) is 19.9 Å². The zero-order valence-electron chi connectivity index (χ0n) is 10.9. The lowest BCUT2D eigenvalue weighted by molar-refractivity contribution is 0.297. The minimum Gasteiger partial charge on any atom is -0.490 e. The highest BCUT2D eigenvalue weighted by molar-refractivity contribution is 5.66. The zero-order chi connectivity index (χ0) is 13.2. The molecule has 5 nitrogen and oxygen atoms in total. The Kier molecular flexibility index (Phi) is 3.13. The molecule has 0 bridgehead atoms. The van der Waals surface area contributed by atoms with Gasteiger partial charge in [0, 0.05) is 17.7 Å². The van der Waals surface area contributed by atoms with Crippen molar-refractivity contribution in [2.75, 3.05) is 13.2 Å². The number of aromatic amines is 1. The monoisotopic (exact) mass is 259 g/mol. The van der Waals surface area contributed by atoms with Gasteiger partial charge >= 0.3 is 0 Å². The number of aryl methyl sites for hydroxylation is 1. The summed E-state index contributed by atoms with van der Waals surface area (Å²) in [5.41, 5.74) is 8.54. The molecular weight excluding hydrogens is 242 g/mol. The number of imidazole rings is 1. The van der Waals surface area contributed by atoms with E-state index < -0.39 is 0 Å². The maximum atomic E-state index is 5.70. The fraction of sp³-hybridized carbons (Fsp3) is 0.357. The van der Waals surface area contributed by atoms with E-state index in [9.17, 15) is 0 Å². The zero-order valence-corrected chi connectivity index (χ0v) is 10.9. The Hall–Kier alpha value is -2.01. The van der Waals surface area contributed by atoms with Crippen LogP contribution in [0.4, 0.5) is 0 Å². The molecule has 0 aliphatic carbocycles. The van der Waals surface area contributed by atoms with E-state index in [0.717, 1.165) is 40.7 Å². The number of H-pyrrole nitrogens is 1. The van der Waals surface area contributed by atoms with Gasteiger partial charge in [0.1, 0.15) is 5.82 Å². The molecule has 0 amide bonds. The van der Waals surface area contributed by atoms with Crippen LogP contribution in [0.2, 0.25) is 0 Å². The molecule has 0 saturated heterocycles. The van der Waals surface area contributed by atoms with Crippen molar-refractivity contribution in [2.24, 2.45) is 5.73 Å². The largest absolute Gasteiger partial charge is 0.490 e. The van der Waals surface area contributed by atoms with Crippen molar-refractivity contribution in [3.8, 4) is 22.8 Å². The van der Waals surface area contributed by atoms with Crippen LogP contribution < -0.4 is 15.2 Å². The second-order valence-corrected chi connectivity index (χ2v) is 4.57. The van der Waals surface area contributed by atoms with Crippen LogP contribution in [0.5, 0.6) is 11.5 Å². The number of rotatable bonds is 2. The lowest BCUT2D eigenvalue weighted by Gasteiger charge is -2.08. The second kappa shape index (κ2) is 4.93. The molecular formula is C14H17N3O2. The first-order valence-electron chi connectivity index (χ1n) is 6.43. The minimum absolute atomic E-state index is 0.408. The number of hydrogen-bond acceptors (Lipinski definition) is 4. The Morgan fingerprint density at radius 1 is 1.26 bits per heavy atom. The Bertz CT molecular complexity index is 592. The van der Waals surface area contributed by atoms with E-state index in [1.807, 2.05) is 25.1 Å². The molecule has 19 heavy (non-hydrogen) atoms. The topological polar surface area (TPSA) is 73.2 Å². The van der Waals surface area contributed by atoms with Gasteiger partial charge < -0.3 is 20.2 Å². The van der Waals surface area contributed by atoms with Crippen LogP contribution in [0.15, 0.2) is 18.2 Å². The first kappa shape index (κ1) is 12.0. The summed E-state index contributed by atoms with van der Waals surface area (Å²) in [5.74, 6) is 2.37. The Morgan fingerprint density at radius 3 is 2.79 bits per heavy atom. The first-order valence-corrected chi connectivity index (χ1v) is 6.43. The van der Waals surface area contributed by atoms with Crippen LogP contribution in [-0.2, 0) is 6.54 Å². The van der Waals surface area contributed by atoms with Gasteiger partial charge in [-0.1, -0.05) is 0 Å². The van der Waals surface area contributed by atoms with Crippen LogP contribution in [0.25, 0.3) is 11.3 Å². The molecule has 2 heterocycles.